The molecule has 0 bridgehead atoms. The van der Waals surface area contributed by atoms with Crippen molar-refractivity contribution in [3.8, 4) is 0 Å². The normalized spacial score (nSPS) is 23.1. The number of Topliss-reactive ketones (excluding diaryl/α,β-unsaturated/α-hetero) is 1. The highest BCUT2D eigenvalue weighted by Crippen LogP contribution is 2.28. The molecule has 1 atom stereocenters. The molecule has 64 valence electrons. The lowest BCUT2D eigenvalue weighted by Crippen LogP contribution is -2.25. The number of hydrogen-bond donors (Lipinski definition) is 0. The van der Waals surface area contributed by atoms with E-state index in [0.717, 1.165) is 25.7 Å². The Labute approximate surface area is 67.0 Å². The number of ketones is 1. The molecule has 0 amide bonds. The maximum absolute atomic E-state index is 13.1. The molecule has 0 aromatic carbocycles. The summed E-state index contributed by atoms with van der Waals surface area (Å²) in [5, 5.41) is 0. The predicted octanol–water partition coefficient (Wildman–Crippen LogP) is 2.49. The maximum Gasteiger partial charge on any atom is 0.164 e. The molecule has 1 fully saturated rings. The second-order valence-corrected chi connectivity index (χ2v) is 3.41. The minimum Gasteiger partial charge on any atom is -0.297 e. The van der Waals surface area contributed by atoms with Crippen LogP contribution in [0, 0.1) is 5.92 Å². The maximum atomic E-state index is 13.1. The predicted molar refractivity (Wildman–Crippen MR) is 42.2 cm³/mol. The van der Waals surface area contributed by atoms with Gasteiger partial charge in [0, 0.05) is 0 Å². The van der Waals surface area contributed by atoms with Crippen LogP contribution in [0.2, 0.25) is 0 Å². The number of alkyl halides is 1. The van der Waals surface area contributed by atoms with E-state index in [1.807, 2.05) is 0 Å². The molecule has 1 nitrogen and oxygen atoms in total. The Morgan fingerprint density at radius 2 is 1.91 bits per heavy atom. The lowest BCUT2D eigenvalue weighted by Gasteiger charge is -2.23. The first-order valence-corrected chi connectivity index (χ1v) is 4.36. The first-order valence-electron chi connectivity index (χ1n) is 4.36. The summed E-state index contributed by atoms with van der Waals surface area (Å²) in [6.45, 7) is 1.35. The number of halogens is 1. The van der Waals surface area contributed by atoms with E-state index in [9.17, 15) is 9.18 Å². The van der Waals surface area contributed by atoms with Crippen LogP contribution in [-0.2, 0) is 4.79 Å². The lowest BCUT2D eigenvalue weighted by molar-refractivity contribution is -0.123. The minimum absolute atomic E-state index is 0.0289. The summed E-state index contributed by atoms with van der Waals surface area (Å²) in [6, 6.07) is 0. The topological polar surface area (TPSA) is 17.1 Å². The molecule has 0 aromatic heterocycles. The van der Waals surface area contributed by atoms with Crippen molar-refractivity contribution in [1.29, 1.82) is 0 Å². The molecule has 0 spiro atoms. The van der Waals surface area contributed by atoms with Crippen molar-refractivity contribution in [2.75, 3.05) is 0 Å². The van der Waals surface area contributed by atoms with Gasteiger partial charge in [-0.2, -0.15) is 0 Å². The summed E-state index contributed by atoms with van der Waals surface area (Å²) in [5.41, 5.74) is 0. The van der Waals surface area contributed by atoms with Crippen LogP contribution in [0.3, 0.4) is 0 Å². The molecule has 0 radical (unpaired) electrons. The SMILES string of the molecule is CC(=O)C(F)C1CCCCC1. The number of hydrogen-bond acceptors (Lipinski definition) is 1. The van der Waals surface area contributed by atoms with Gasteiger partial charge in [-0.1, -0.05) is 19.3 Å². The smallest absolute Gasteiger partial charge is 0.164 e. The average molecular weight is 158 g/mol. The zero-order valence-corrected chi connectivity index (χ0v) is 6.98. The molecule has 1 saturated carbocycles. The second-order valence-electron chi connectivity index (χ2n) is 3.41. The van der Waals surface area contributed by atoms with Crippen molar-refractivity contribution in [3.63, 3.8) is 0 Å². The number of rotatable bonds is 2. The largest absolute Gasteiger partial charge is 0.297 e. The van der Waals surface area contributed by atoms with Crippen molar-refractivity contribution in [2.24, 2.45) is 5.92 Å². The monoisotopic (exact) mass is 158 g/mol. The standard InChI is InChI=1S/C9H15FO/c1-7(11)9(10)8-5-3-2-4-6-8/h8-9H,2-6H2,1H3. The Morgan fingerprint density at radius 1 is 1.36 bits per heavy atom. The average Bonchev–Trinajstić information content (AvgIpc) is 2.05. The summed E-state index contributed by atoms with van der Waals surface area (Å²) in [4.78, 5) is 10.7. The minimum atomic E-state index is -1.18. The third-order valence-corrected chi connectivity index (χ3v) is 2.45. The van der Waals surface area contributed by atoms with Crippen LogP contribution in [-0.4, -0.2) is 12.0 Å². The van der Waals surface area contributed by atoms with E-state index in [2.05, 4.69) is 0 Å². The van der Waals surface area contributed by atoms with Crippen LogP contribution in [0.1, 0.15) is 39.0 Å². The van der Waals surface area contributed by atoms with Crippen molar-refractivity contribution < 1.29 is 9.18 Å². The van der Waals surface area contributed by atoms with Gasteiger partial charge in [0.25, 0.3) is 0 Å². The van der Waals surface area contributed by atoms with E-state index in [1.165, 1.54) is 13.3 Å². The van der Waals surface area contributed by atoms with Gasteiger partial charge < -0.3 is 0 Å². The molecule has 0 N–H and O–H groups in total. The summed E-state index contributed by atoms with van der Waals surface area (Å²) in [6.07, 6.45) is 4.02. The van der Waals surface area contributed by atoms with Gasteiger partial charge in [0.1, 0.15) is 0 Å². The van der Waals surface area contributed by atoms with E-state index in [4.69, 9.17) is 0 Å². The molecule has 0 aliphatic heterocycles. The van der Waals surface area contributed by atoms with E-state index in [-0.39, 0.29) is 11.7 Å². The Kier molecular flexibility index (Phi) is 3.03. The third-order valence-electron chi connectivity index (χ3n) is 2.45. The van der Waals surface area contributed by atoms with Crippen molar-refractivity contribution in [1.82, 2.24) is 0 Å². The van der Waals surface area contributed by atoms with Gasteiger partial charge in [-0.15, -0.1) is 0 Å². The highest BCUT2D eigenvalue weighted by molar-refractivity contribution is 5.80. The highest BCUT2D eigenvalue weighted by atomic mass is 19.1. The summed E-state index contributed by atoms with van der Waals surface area (Å²) < 4.78 is 13.1. The molecule has 1 rings (SSSR count). The van der Waals surface area contributed by atoms with Crippen LogP contribution in [0.5, 0.6) is 0 Å². The Balaban J connectivity index is 2.38. The van der Waals surface area contributed by atoms with Gasteiger partial charge in [0.15, 0.2) is 12.0 Å². The van der Waals surface area contributed by atoms with E-state index in [1.54, 1.807) is 0 Å². The molecular weight excluding hydrogens is 143 g/mol. The van der Waals surface area contributed by atoms with Crippen LogP contribution < -0.4 is 0 Å². The van der Waals surface area contributed by atoms with Crippen LogP contribution in [0.25, 0.3) is 0 Å². The van der Waals surface area contributed by atoms with Gasteiger partial charge >= 0.3 is 0 Å². The van der Waals surface area contributed by atoms with Gasteiger partial charge in [0.2, 0.25) is 0 Å². The molecule has 2 heteroatoms. The Hall–Kier alpha value is -0.400. The lowest BCUT2D eigenvalue weighted by atomic mass is 9.85. The summed E-state index contributed by atoms with van der Waals surface area (Å²) in [7, 11) is 0. The van der Waals surface area contributed by atoms with Gasteiger partial charge in [-0.25, -0.2) is 4.39 Å². The second kappa shape index (κ2) is 3.84. The van der Waals surface area contributed by atoms with E-state index >= 15 is 0 Å². The quantitative estimate of drug-likeness (QED) is 0.603. The zero-order chi connectivity index (χ0) is 8.27. The zero-order valence-electron chi connectivity index (χ0n) is 6.98. The van der Waals surface area contributed by atoms with E-state index < -0.39 is 6.17 Å². The first-order chi connectivity index (χ1) is 5.22. The van der Waals surface area contributed by atoms with Crippen LogP contribution in [0.15, 0.2) is 0 Å². The molecule has 0 aromatic rings. The van der Waals surface area contributed by atoms with Crippen LogP contribution >= 0.6 is 0 Å². The Bertz CT molecular complexity index is 138. The fourth-order valence-corrected chi connectivity index (χ4v) is 1.76. The first kappa shape index (κ1) is 8.69. The Morgan fingerprint density at radius 3 is 2.36 bits per heavy atom. The van der Waals surface area contributed by atoms with Gasteiger partial charge in [-0.3, -0.25) is 4.79 Å². The summed E-state index contributed by atoms with van der Waals surface area (Å²) in [5.74, 6) is -0.266. The molecule has 11 heavy (non-hydrogen) atoms. The van der Waals surface area contributed by atoms with E-state index in [0.29, 0.717) is 0 Å². The van der Waals surface area contributed by atoms with Crippen molar-refractivity contribution in [2.45, 2.75) is 45.2 Å². The molecule has 1 aliphatic carbocycles. The fraction of sp³-hybridized carbons (Fsp3) is 0.889. The molecule has 1 unspecified atom stereocenters. The molecule has 0 heterocycles. The highest BCUT2D eigenvalue weighted by Gasteiger charge is 2.26. The third kappa shape index (κ3) is 2.28. The van der Waals surface area contributed by atoms with Crippen molar-refractivity contribution >= 4 is 5.78 Å². The van der Waals surface area contributed by atoms with Crippen LogP contribution in [0.4, 0.5) is 4.39 Å². The van der Waals surface area contributed by atoms with Crippen molar-refractivity contribution in [3.05, 3.63) is 0 Å². The fourth-order valence-electron chi connectivity index (χ4n) is 1.76. The molecule has 0 saturated heterocycles. The number of carbonyl (C=O) groups is 1. The summed E-state index contributed by atoms with van der Waals surface area (Å²) >= 11 is 0. The molecular formula is C9H15FO. The molecule has 1 aliphatic rings. The van der Waals surface area contributed by atoms with Gasteiger partial charge in [0.05, 0.1) is 0 Å². The van der Waals surface area contributed by atoms with Gasteiger partial charge in [-0.05, 0) is 25.7 Å². The number of carbonyl (C=O) groups excluding carboxylic acids is 1.